The Kier molecular flexibility index (Phi) is 2.86. The molecule has 0 radical (unpaired) electrons. The predicted molar refractivity (Wildman–Crippen MR) is 50.4 cm³/mol. The molecule has 0 aliphatic carbocycles. The Labute approximate surface area is 76.4 Å². The van der Waals surface area contributed by atoms with Crippen molar-refractivity contribution in [2.75, 3.05) is 7.11 Å². The van der Waals surface area contributed by atoms with E-state index in [-0.39, 0.29) is 5.57 Å². The van der Waals surface area contributed by atoms with Gasteiger partial charge in [-0.1, -0.05) is 0 Å². The molecule has 1 aromatic rings. The predicted octanol–water partition coefficient (Wildman–Crippen LogP) is 1.84. The van der Waals surface area contributed by atoms with Gasteiger partial charge in [-0.2, -0.15) is 5.26 Å². The van der Waals surface area contributed by atoms with E-state index in [9.17, 15) is 0 Å². The second-order valence-electron chi connectivity index (χ2n) is 2.33. The molecule has 0 fully saturated rings. The quantitative estimate of drug-likeness (QED) is 0.503. The maximum atomic E-state index is 8.57. The summed E-state index contributed by atoms with van der Waals surface area (Å²) in [4.78, 5) is 0. The molecule has 0 bridgehead atoms. The number of ether oxygens (including phenoxy) is 1. The Morgan fingerprint density at radius 2 is 2.00 bits per heavy atom. The number of allylic oxidation sites excluding steroid dienone is 1. The van der Waals surface area contributed by atoms with Crippen LogP contribution >= 0.6 is 0 Å². The third kappa shape index (κ3) is 1.96. The van der Waals surface area contributed by atoms with Crippen molar-refractivity contribution in [2.24, 2.45) is 0 Å². The molecule has 0 amide bonds. The Morgan fingerprint density at radius 1 is 1.38 bits per heavy atom. The lowest BCUT2D eigenvalue weighted by Gasteiger charge is -2.00. The summed E-state index contributed by atoms with van der Waals surface area (Å²) >= 11 is 0. The van der Waals surface area contributed by atoms with E-state index in [0.29, 0.717) is 11.3 Å². The summed E-state index contributed by atoms with van der Waals surface area (Å²) in [6, 6.07) is 8.61. The summed E-state index contributed by atoms with van der Waals surface area (Å²) < 4.78 is 4.94. The summed E-state index contributed by atoms with van der Waals surface area (Å²) in [5.74, 6) is 2.53. The average molecular weight is 171 g/mol. The van der Waals surface area contributed by atoms with E-state index in [1.807, 2.05) is 11.9 Å². The third-order valence-corrected chi connectivity index (χ3v) is 1.60. The van der Waals surface area contributed by atoms with Crippen LogP contribution in [0.5, 0.6) is 5.75 Å². The van der Waals surface area contributed by atoms with E-state index in [1.54, 1.807) is 31.4 Å². The van der Waals surface area contributed by atoms with E-state index < -0.39 is 0 Å². The zero-order valence-corrected chi connectivity index (χ0v) is 7.11. The van der Waals surface area contributed by atoms with E-state index in [0.717, 1.165) is 0 Å². The topological polar surface area (TPSA) is 55.3 Å². The third-order valence-electron chi connectivity index (χ3n) is 1.60. The monoisotopic (exact) mass is 171 g/mol. The van der Waals surface area contributed by atoms with E-state index >= 15 is 0 Å². The van der Waals surface area contributed by atoms with Gasteiger partial charge in [0.05, 0.1) is 12.7 Å². The summed E-state index contributed by atoms with van der Waals surface area (Å²) in [6.07, 6.45) is 0. The highest BCUT2D eigenvalue weighted by Gasteiger charge is 1.97. The lowest BCUT2D eigenvalue weighted by atomic mass is 10.1. The van der Waals surface area contributed by atoms with Gasteiger partial charge >= 0.3 is 0 Å². The number of hydrogen-bond donors (Lipinski definition) is 0. The Balaban J connectivity index is 3.07. The normalized spacial score (nSPS) is 8.31. The smallest absolute Gasteiger partial charge is 0.118 e. The van der Waals surface area contributed by atoms with Crippen molar-refractivity contribution in [2.45, 2.75) is 0 Å². The first-order valence-corrected chi connectivity index (χ1v) is 3.63. The van der Waals surface area contributed by atoms with Gasteiger partial charge in [-0.25, -0.2) is 5.87 Å². The molecule has 0 unspecified atom stereocenters. The summed E-state index contributed by atoms with van der Waals surface area (Å²) in [5.41, 5.74) is 0.730. The van der Waals surface area contributed by atoms with Crippen molar-refractivity contribution in [3.63, 3.8) is 0 Å². The van der Waals surface area contributed by atoms with Crippen LogP contribution in [0.2, 0.25) is 0 Å². The molecule has 0 saturated heterocycles. The molecule has 0 aliphatic rings. The van der Waals surface area contributed by atoms with Crippen LogP contribution in [0.1, 0.15) is 5.56 Å². The highest BCUT2D eigenvalue weighted by Crippen LogP contribution is 2.15. The maximum Gasteiger partial charge on any atom is 0.118 e. The Morgan fingerprint density at radius 3 is 2.38 bits per heavy atom. The first kappa shape index (κ1) is 9.05. The fourth-order valence-electron chi connectivity index (χ4n) is 0.912. The highest BCUT2D eigenvalue weighted by molar-refractivity contribution is 5.98. The summed E-state index contributed by atoms with van der Waals surface area (Å²) in [5, 5.41) is 17.1. The number of rotatable bonds is 2. The molecule has 0 atom stereocenters. The molecule has 0 aliphatic heterocycles. The Bertz CT molecular complexity index is 380. The van der Waals surface area contributed by atoms with Crippen LogP contribution in [-0.2, 0) is 0 Å². The van der Waals surface area contributed by atoms with Crippen LogP contribution in [0.15, 0.2) is 24.3 Å². The van der Waals surface area contributed by atoms with Crippen molar-refractivity contribution >= 4 is 11.4 Å². The van der Waals surface area contributed by atoms with E-state index in [4.69, 9.17) is 15.4 Å². The van der Waals surface area contributed by atoms with Crippen molar-refractivity contribution in [1.29, 1.82) is 5.26 Å². The van der Waals surface area contributed by atoms with Crippen LogP contribution in [0.25, 0.3) is 11.0 Å². The molecule has 3 heteroatoms. The Hall–Kier alpha value is -2.04. The molecule has 1 rings (SSSR count). The van der Waals surface area contributed by atoms with Gasteiger partial charge in [0.1, 0.15) is 11.8 Å². The SMILES string of the molecule is COc1ccc(C(=C=[N-])C#N)cc1. The molecule has 0 aromatic heterocycles. The van der Waals surface area contributed by atoms with Crippen molar-refractivity contribution in [3.8, 4) is 11.8 Å². The highest BCUT2D eigenvalue weighted by atomic mass is 16.5. The second-order valence-corrected chi connectivity index (χ2v) is 2.33. The zero-order chi connectivity index (χ0) is 9.68. The minimum atomic E-state index is 0.114. The fourth-order valence-corrected chi connectivity index (χ4v) is 0.912. The number of nitrogens with zero attached hydrogens (tertiary/aromatic N) is 2. The van der Waals surface area contributed by atoms with Gasteiger partial charge < -0.3 is 10.1 Å². The second kappa shape index (κ2) is 4.10. The van der Waals surface area contributed by atoms with Crippen LogP contribution < -0.4 is 4.74 Å². The molecule has 3 nitrogen and oxygen atoms in total. The lowest BCUT2D eigenvalue weighted by Crippen LogP contribution is -1.84. The van der Waals surface area contributed by atoms with Crippen LogP contribution in [-0.4, -0.2) is 13.0 Å². The molecule has 13 heavy (non-hydrogen) atoms. The van der Waals surface area contributed by atoms with Crippen LogP contribution in [0.3, 0.4) is 0 Å². The van der Waals surface area contributed by atoms with Gasteiger partial charge in [0.2, 0.25) is 0 Å². The van der Waals surface area contributed by atoms with Gasteiger partial charge in [0, 0.05) is 0 Å². The number of benzene rings is 1. The number of nitriles is 1. The van der Waals surface area contributed by atoms with Gasteiger partial charge in [-0.05, 0) is 29.8 Å². The maximum absolute atomic E-state index is 8.57. The summed E-state index contributed by atoms with van der Waals surface area (Å²) in [7, 11) is 1.56. The fraction of sp³-hybridized carbons (Fsp3) is 0.100. The minimum Gasteiger partial charge on any atom is -0.762 e. The average Bonchev–Trinajstić information content (AvgIpc) is 2.21. The minimum absolute atomic E-state index is 0.114. The number of hydrogen-bond acceptors (Lipinski definition) is 2. The van der Waals surface area contributed by atoms with Crippen LogP contribution in [0, 0.1) is 11.3 Å². The first-order chi connectivity index (χ1) is 6.31. The van der Waals surface area contributed by atoms with E-state index in [2.05, 4.69) is 0 Å². The standard InChI is InChI=1S/C10H7N2O/c1-13-10-4-2-8(3-5-10)9(6-11)7-12/h2-5H,1H3/q-1. The molecule has 64 valence electrons. The van der Waals surface area contributed by atoms with Crippen molar-refractivity contribution in [1.82, 2.24) is 0 Å². The van der Waals surface area contributed by atoms with Crippen molar-refractivity contribution < 1.29 is 4.74 Å². The van der Waals surface area contributed by atoms with Gasteiger partial charge in [-0.15, -0.1) is 0 Å². The van der Waals surface area contributed by atoms with Gasteiger partial charge in [-0.3, -0.25) is 0 Å². The molecule has 0 saturated carbocycles. The zero-order valence-electron chi connectivity index (χ0n) is 7.11. The molecular weight excluding hydrogens is 164 g/mol. The van der Waals surface area contributed by atoms with Crippen molar-refractivity contribution in [3.05, 3.63) is 35.2 Å². The molecule has 1 aromatic carbocycles. The van der Waals surface area contributed by atoms with Gasteiger partial charge in [0.25, 0.3) is 0 Å². The molecule has 0 N–H and O–H groups in total. The molecular formula is C10H7N2O-. The number of methoxy groups -OCH3 is 1. The first-order valence-electron chi connectivity index (χ1n) is 3.63. The molecule has 0 heterocycles. The van der Waals surface area contributed by atoms with Crippen LogP contribution in [0.4, 0.5) is 0 Å². The van der Waals surface area contributed by atoms with E-state index in [1.165, 1.54) is 0 Å². The van der Waals surface area contributed by atoms with Gasteiger partial charge in [0.15, 0.2) is 0 Å². The molecule has 0 spiro atoms. The summed E-state index contributed by atoms with van der Waals surface area (Å²) in [6.45, 7) is 0. The lowest BCUT2D eigenvalue weighted by molar-refractivity contribution is 0.415. The largest absolute Gasteiger partial charge is 0.762 e.